The van der Waals surface area contributed by atoms with E-state index in [0.717, 1.165) is 44.6 Å². The lowest BCUT2D eigenvalue weighted by Crippen LogP contribution is -2.38. The van der Waals surface area contributed by atoms with Gasteiger partial charge in [0.15, 0.2) is 0 Å². The molecule has 174 valence electrons. The van der Waals surface area contributed by atoms with E-state index in [1.807, 2.05) is 12.1 Å². The van der Waals surface area contributed by atoms with Crippen LogP contribution in [0.2, 0.25) is 0 Å². The summed E-state index contributed by atoms with van der Waals surface area (Å²) in [5.74, 6) is 0.130. The molecule has 0 saturated carbocycles. The average Bonchev–Trinajstić information content (AvgIpc) is 3.18. The number of carbonyl (C=O) groups is 2. The van der Waals surface area contributed by atoms with Crippen LogP contribution in [0, 0.1) is 5.92 Å². The van der Waals surface area contributed by atoms with E-state index in [9.17, 15) is 9.59 Å². The molecule has 0 bridgehead atoms. The van der Waals surface area contributed by atoms with Crippen LogP contribution in [0.1, 0.15) is 45.5 Å². The average molecular weight is 454 g/mol. The maximum Gasteiger partial charge on any atom is 0.259 e. The number of hydrogen-bond acceptors (Lipinski definition) is 4. The summed E-state index contributed by atoms with van der Waals surface area (Å²) >= 11 is 0. The number of carbonyl (C=O) groups excluding carboxylic acids is 2. The van der Waals surface area contributed by atoms with E-state index in [-0.39, 0.29) is 11.8 Å². The number of hydrogen-bond donors (Lipinski definition) is 1. The van der Waals surface area contributed by atoms with E-state index >= 15 is 0 Å². The van der Waals surface area contributed by atoms with Gasteiger partial charge in [-0.1, -0.05) is 48.5 Å². The van der Waals surface area contributed by atoms with Gasteiger partial charge in [0.2, 0.25) is 0 Å². The summed E-state index contributed by atoms with van der Waals surface area (Å²) in [6.07, 6.45) is 4.18. The first-order chi connectivity index (χ1) is 16.7. The minimum absolute atomic E-state index is 0.252. The first-order valence-corrected chi connectivity index (χ1v) is 12.3. The molecule has 5 rings (SSSR count). The lowest BCUT2D eigenvalue weighted by atomic mass is 9.95. The van der Waals surface area contributed by atoms with E-state index in [1.165, 1.54) is 24.2 Å². The summed E-state index contributed by atoms with van der Waals surface area (Å²) in [6.45, 7) is 4.26. The molecule has 34 heavy (non-hydrogen) atoms. The lowest BCUT2D eigenvalue weighted by molar-refractivity contribution is 0.0879. The molecule has 3 aromatic rings. The highest BCUT2D eigenvalue weighted by Crippen LogP contribution is 2.29. The number of imide groups is 1. The fourth-order valence-corrected chi connectivity index (χ4v) is 5.22. The summed E-state index contributed by atoms with van der Waals surface area (Å²) in [5.41, 5.74) is 4.57. The Morgan fingerprint density at radius 1 is 0.794 bits per heavy atom. The Labute approximate surface area is 201 Å². The van der Waals surface area contributed by atoms with E-state index in [2.05, 4.69) is 75.8 Å². The zero-order valence-electron chi connectivity index (χ0n) is 19.5. The number of para-hydroxylation sites is 2. The van der Waals surface area contributed by atoms with E-state index < -0.39 is 0 Å². The maximum absolute atomic E-state index is 12.1. The SMILES string of the molecule is O=C1NC(=O)c2c(CCCN3CCC(CN(c4ccccc4)c4ccccc4)CC3)cccc21. The number of anilines is 2. The molecular formula is C29H31N3O2. The van der Waals surface area contributed by atoms with Crippen LogP contribution in [0.15, 0.2) is 78.9 Å². The molecule has 0 radical (unpaired) electrons. The van der Waals surface area contributed by atoms with Gasteiger partial charge in [-0.15, -0.1) is 0 Å². The maximum atomic E-state index is 12.1. The minimum Gasteiger partial charge on any atom is -0.341 e. The topological polar surface area (TPSA) is 52.7 Å². The normalized spacial score (nSPS) is 16.4. The highest BCUT2D eigenvalue weighted by atomic mass is 16.2. The van der Waals surface area contributed by atoms with Crippen molar-refractivity contribution in [3.63, 3.8) is 0 Å². The van der Waals surface area contributed by atoms with Gasteiger partial charge < -0.3 is 9.80 Å². The lowest BCUT2D eigenvalue weighted by Gasteiger charge is -2.36. The molecule has 2 aliphatic heterocycles. The molecule has 5 heteroatoms. The minimum atomic E-state index is -0.274. The van der Waals surface area contributed by atoms with Crippen LogP contribution in [-0.2, 0) is 6.42 Å². The van der Waals surface area contributed by atoms with E-state index in [0.29, 0.717) is 17.0 Å². The number of aryl methyl sites for hydroxylation is 1. The monoisotopic (exact) mass is 453 g/mol. The Bertz CT molecular complexity index is 1100. The second-order valence-corrected chi connectivity index (χ2v) is 9.29. The Kier molecular flexibility index (Phi) is 6.72. The van der Waals surface area contributed by atoms with Gasteiger partial charge in [-0.05, 0) is 87.1 Å². The van der Waals surface area contributed by atoms with Crippen molar-refractivity contribution < 1.29 is 9.59 Å². The van der Waals surface area contributed by atoms with Crippen molar-refractivity contribution in [1.29, 1.82) is 0 Å². The van der Waals surface area contributed by atoms with Crippen molar-refractivity contribution >= 4 is 23.2 Å². The molecule has 1 saturated heterocycles. The van der Waals surface area contributed by atoms with Gasteiger partial charge in [0.1, 0.15) is 0 Å². The largest absolute Gasteiger partial charge is 0.341 e. The fourth-order valence-electron chi connectivity index (χ4n) is 5.22. The molecule has 0 spiro atoms. The molecule has 0 atom stereocenters. The molecule has 0 aromatic heterocycles. The van der Waals surface area contributed by atoms with Gasteiger partial charge in [0, 0.05) is 17.9 Å². The Hall–Kier alpha value is -3.44. The summed E-state index contributed by atoms with van der Waals surface area (Å²) in [4.78, 5) is 29.0. The standard InChI is InChI=1S/C29H31N3O2/c33-28-26-15-7-9-23(27(26)29(34)30-28)10-8-18-31-19-16-22(17-20-31)21-32(24-11-3-1-4-12-24)25-13-5-2-6-14-25/h1-7,9,11-15,22H,8,10,16-21H2,(H,30,33,34). The molecule has 1 fully saturated rings. The van der Waals surface area contributed by atoms with Crippen LogP contribution in [0.25, 0.3) is 0 Å². The number of likely N-dealkylation sites (tertiary alicyclic amines) is 1. The van der Waals surface area contributed by atoms with Crippen LogP contribution in [0.5, 0.6) is 0 Å². The summed E-state index contributed by atoms with van der Waals surface area (Å²) in [5, 5.41) is 2.41. The number of fused-ring (bicyclic) bond motifs is 1. The van der Waals surface area contributed by atoms with Crippen molar-refractivity contribution in [2.45, 2.75) is 25.7 Å². The van der Waals surface area contributed by atoms with Gasteiger partial charge in [-0.25, -0.2) is 0 Å². The van der Waals surface area contributed by atoms with Gasteiger partial charge in [-0.2, -0.15) is 0 Å². The van der Waals surface area contributed by atoms with Gasteiger partial charge in [0.25, 0.3) is 11.8 Å². The second kappa shape index (κ2) is 10.2. The number of piperidine rings is 1. The molecule has 0 unspecified atom stereocenters. The Morgan fingerprint density at radius 2 is 1.44 bits per heavy atom. The molecule has 0 aliphatic carbocycles. The first-order valence-electron chi connectivity index (χ1n) is 12.3. The van der Waals surface area contributed by atoms with Crippen molar-refractivity contribution in [1.82, 2.24) is 10.2 Å². The third-order valence-electron chi connectivity index (χ3n) is 7.05. The van der Waals surface area contributed by atoms with Crippen LogP contribution in [-0.4, -0.2) is 42.9 Å². The van der Waals surface area contributed by atoms with E-state index in [1.54, 1.807) is 6.07 Å². The second-order valence-electron chi connectivity index (χ2n) is 9.29. The predicted octanol–water partition coefficient (Wildman–Crippen LogP) is 5.05. The van der Waals surface area contributed by atoms with Crippen LogP contribution >= 0.6 is 0 Å². The molecule has 3 aromatic carbocycles. The zero-order chi connectivity index (χ0) is 23.3. The van der Waals surface area contributed by atoms with Crippen molar-refractivity contribution in [2.75, 3.05) is 31.1 Å². The number of benzene rings is 3. The van der Waals surface area contributed by atoms with Crippen LogP contribution in [0.3, 0.4) is 0 Å². The van der Waals surface area contributed by atoms with Gasteiger partial charge in [-0.3, -0.25) is 14.9 Å². The third-order valence-corrected chi connectivity index (χ3v) is 7.05. The summed E-state index contributed by atoms with van der Waals surface area (Å²) < 4.78 is 0. The smallest absolute Gasteiger partial charge is 0.259 e. The zero-order valence-corrected chi connectivity index (χ0v) is 19.5. The first kappa shape index (κ1) is 22.4. The van der Waals surface area contributed by atoms with Crippen LogP contribution in [0.4, 0.5) is 11.4 Å². The highest BCUT2D eigenvalue weighted by molar-refractivity contribution is 6.22. The number of nitrogens with one attached hydrogen (secondary N) is 1. The van der Waals surface area contributed by atoms with Crippen molar-refractivity contribution in [3.05, 3.63) is 95.6 Å². The summed E-state index contributed by atoms with van der Waals surface area (Å²) in [7, 11) is 0. The Morgan fingerprint density at radius 3 is 2.09 bits per heavy atom. The number of nitrogens with zero attached hydrogens (tertiary/aromatic N) is 2. The molecule has 2 amide bonds. The van der Waals surface area contributed by atoms with Crippen LogP contribution < -0.4 is 10.2 Å². The number of rotatable bonds is 8. The Balaban J connectivity index is 1.14. The van der Waals surface area contributed by atoms with Crippen molar-refractivity contribution in [2.24, 2.45) is 5.92 Å². The molecule has 5 nitrogen and oxygen atoms in total. The van der Waals surface area contributed by atoms with Gasteiger partial charge in [0.05, 0.1) is 11.1 Å². The van der Waals surface area contributed by atoms with E-state index in [4.69, 9.17) is 0 Å². The van der Waals surface area contributed by atoms with Gasteiger partial charge >= 0.3 is 0 Å². The fraction of sp³-hybridized carbons (Fsp3) is 0.310. The number of amides is 2. The highest BCUT2D eigenvalue weighted by Gasteiger charge is 2.29. The molecular weight excluding hydrogens is 422 g/mol. The molecule has 2 heterocycles. The van der Waals surface area contributed by atoms with Crippen molar-refractivity contribution in [3.8, 4) is 0 Å². The summed E-state index contributed by atoms with van der Waals surface area (Å²) in [6, 6.07) is 26.9. The molecule has 1 N–H and O–H groups in total. The molecule has 2 aliphatic rings. The predicted molar refractivity (Wildman–Crippen MR) is 136 cm³/mol. The quantitative estimate of drug-likeness (QED) is 0.485. The third kappa shape index (κ3) is 4.90.